The molecule has 0 aliphatic carbocycles. The molecule has 200 valence electrons. The second kappa shape index (κ2) is 11.5. The molecule has 3 aromatic heterocycles. The lowest BCUT2D eigenvalue weighted by Crippen LogP contribution is -2.45. The highest BCUT2D eigenvalue weighted by molar-refractivity contribution is 6.07. The van der Waals surface area contributed by atoms with E-state index in [4.69, 9.17) is 14.6 Å². The molecule has 10 nitrogen and oxygen atoms in total. The van der Waals surface area contributed by atoms with Crippen molar-refractivity contribution in [3.63, 3.8) is 0 Å². The first-order valence-electron chi connectivity index (χ1n) is 12.8. The van der Waals surface area contributed by atoms with Crippen LogP contribution >= 0.6 is 0 Å². The van der Waals surface area contributed by atoms with Gasteiger partial charge in [0.2, 0.25) is 0 Å². The zero-order valence-corrected chi connectivity index (χ0v) is 21.8. The third-order valence-electron chi connectivity index (χ3n) is 6.69. The lowest BCUT2D eigenvalue weighted by atomic mass is 9.97. The van der Waals surface area contributed by atoms with Gasteiger partial charge >= 0.3 is 0 Å². The van der Waals surface area contributed by atoms with Gasteiger partial charge in [-0.15, -0.1) is 0 Å². The predicted molar refractivity (Wildman–Crippen MR) is 149 cm³/mol. The number of ether oxygens (including phenoxy) is 1. The molecule has 1 amide bonds. The Morgan fingerprint density at radius 1 is 1.21 bits per heavy atom. The van der Waals surface area contributed by atoms with Gasteiger partial charge in [-0.05, 0) is 66.9 Å². The van der Waals surface area contributed by atoms with E-state index in [0.29, 0.717) is 18.8 Å². The van der Waals surface area contributed by atoms with Crippen molar-refractivity contribution in [1.29, 1.82) is 0 Å². The number of nitrogens with one attached hydrogen (secondary N) is 2. The van der Waals surface area contributed by atoms with Gasteiger partial charge in [-0.1, -0.05) is 6.07 Å². The van der Waals surface area contributed by atoms with Crippen molar-refractivity contribution in [3.8, 4) is 11.1 Å². The predicted octanol–water partition coefficient (Wildman–Crippen LogP) is 4.12. The van der Waals surface area contributed by atoms with Crippen LogP contribution in [0.1, 0.15) is 41.2 Å². The van der Waals surface area contributed by atoms with Crippen LogP contribution in [0.2, 0.25) is 0 Å². The van der Waals surface area contributed by atoms with E-state index >= 15 is 0 Å². The minimum atomic E-state index is -0.250. The maximum absolute atomic E-state index is 13.3. The van der Waals surface area contributed by atoms with Gasteiger partial charge in [0.25, 0.3) is 12.4 Å². The van der Waals surface area contributed by atoms with Crippen LogP contribution in [0.25, 0.3) is 22.2 Å². The number of carboxylic acid groups (broad SMARTS) is 1. The molecule has 0 radical (unpaired) electrons. The molecule has 1 saturated heterocycles. The van der Waals surface area contributed by atoms with Crippen LogP contribution in [0.4, 0.5) is 5.69 Å². The number of fused-ring (bicyclic) bond motifs is 2. The second-order valence-corrected chi connectivity index (χ2v) is 9.69. The molecule has 2 atom stereocenters. The maximum Gasteiger partial charge on any atom is 0.290 e. The minimum Gasteiger partial charge on any atom is -0.483 e. The van der Waals surface area contributed by atoms with Crippen LogP contribution < -0.4 is 5.32 Å². The highest BCUT2D eigenvalue weighted by Gasteiger charge is 2.23. The van der Waals surface area contributed by atoms with Gasteiger partial charge < -0.3 is 20.1 Å². The number of benzene rings is 1. The number of anilines is 1. The Bertz CT molecular complexity index is 1520. The molecular weight excluding hydrogens is 496 g/mol. The van der Waals surface area contributed by atoms with Gasteiger partial charge in [0.1, 0.15) is 11.3 Å². The van der Waals surface area contributed by atoms with Crippen LogP contribution in [0.3, 0.4) is 0 Å². The van der Waals surface area contributed by atoms with Gasteiger partial charge in [-0.3, -0.25) is 19.5 Å². The van der Waals surface area contributed by atoms with Crippen molar-refractivity contribution in [3.05, 3.63) is 77.4 Å². The van der Waals surface area contributed by atoms with Crippen LogP contribution in [0.15, 0.2) is 59.9 Å². The number of hydrogen-bond donors (Lipinski definition) is 3. The number of carbonyl (C=O) groups is 2. The fourth-order valence-electron chi connectivity index (χ4n) is 5.23. The molecule has 6 rings (SSSR count). The lowest BCUT2D eigenvalue weighted by Gasteiger charge is -2.35. The number of aromatic amines is 1. The van der Waals surface area contributed by atoms with Crippen LogP contribution in [-0.2, 0) is 22.6 Å². The Morgan fingerprint density at radius 3 is 2.79 bits per heavy atom. The third-order valence-corrected chi connectivity index (χ3v) is 6.69. The van der Waals surface area contributed by atoms with Gasteiger partial charge in [-0.25, -0.2) is 9.97 Å². The van der Waals surface area contributed by atoms with Crippen molar-refractivity contribution in [2.45, 2.75) is 39.1 Å². The first kappa shape index (κ1) is 26.2. The molecule has 3 N–H and O–H groups in total. The summed E-state index contributed by atoms with van der Waals surface area (Å²) < 4.78 is 5.84. The first-order chi connectivity index (χ1) is 18.9. The second-order valence-electron chi connectivity index (χ2n) is 9.69. The maximum atomic E-state index is 13.3. The number of hydrogen-bond acceptors (Lipinski definition) is 7. The summed E-state index contributed by atoms with van der Waals surface area (Å²) in [7, 11) is 0. The van der Waals surface area contributed by atoms with E-state index in [-0.39, 0.29) is 24.6 Å². The average Bonchev–Trinajstić information content (AvgIpc) is 3.58. The molecule has 1 fully saturated rings. The van der Waals surface area contributed by atoms with Crippen molar-refractivity contribution in [2.24, 2.45) is 4.99 Å². The van der Waals surface area contributed by atoms with Crippen molar-refractivity contribution in [1.82, 2.24) is 19.9 Å². The summed E-state index contributed by atoms with van der Waals surface area (Å²) in [5.41, 5.74) is 6.93. The highest BCUT2D eigenvalue weighted by Crippen LogP contribution is 2.34. The normalized spacial score (nSPS) is 18.3. The SMILES string of the molecule is C[C@@H]1CN(Cc2cccc(C(=O)Nc3cc(-c4ccnc5[nH]ccc45)cc4c3C=NC4)n2)C[C@H](C)O1.O=CO. The Hall–Kier alpha value is -4.41. The molecule has 39 heavy (non-hydrogen) atoms. The van der Waals surface area contributed by atoms with E-state index in [1.807, 2.05) is 42.7 Å². The number of pyridine rings is 2. The van der Waals surface area contributed by atoms with Gasteiger partial charge in [-0.2, -0.15) is 0 Å². The van der Waals surface area contributed by atoms with E-state index in [9.17, 15) is 4.79 Å². The van der Waals surface area contributed by atoms with Crippen molar-refractivity contribution < 1.29 is 19.4 Å². The van der Waals surface area contributed by atoms with Gasteiger partial charge in [0.05, 0.1) is 30.1 Å². The Balaban J connectivity index is 0.000000983. The molecule has 5 heterocycles. The molecular formula is C29H30N6O4. The number of carbonyl (C=O) groups excluding carboxylic acids is 1. The molecule has 0 spiro atoms. The molecule has 0 bridgehead atoms. The molecule has 4 aromatic rings. The number of nitrogens with zero attached hydrogens (tertiary/aromatic N) is 4. The summed E-state index contributed by atoms with van der Waals surface area (Å²) in [5.74, 6) is -0.235. The van der Waals surface area contributed by atoms with E-state index in [0.717, 1.165) is 57.8 Å². The number of aliphatic imine (C=N–C) groups is 1. The molecule has 2 aliphatic heterocycles. The summed E-state index contributed by atoms with van der Waals surface area (Å²) >= 11 is 0. The zero-order chi connectivity index (χ0) is 27.4. The molecule has 1 aromatic carbocycles. The summed E-state index contributed by atoms with van der Waals surface area (Å²) in [6, 6.07) is 13.8. The highest BCUT2D eigenvalue weighted by atomic mass is 16.5. The number of amides is 1. The minimum absolute atomic E-state index is 0.184. The van der Waals surface area contributed by atoms with E-state index in [2.05, 4.69) is 50.1 Å². The third kappa shape index (κ3) is 5.87. The number of H-pyrrole nitrogens is 1. The first-order valence-corrected chi connectivity index (χ1v) is 12.8. The van der Waals surface area contributed by atoms with Gasteiger partial charge in [0, 0.05) is 49.2 Å². The lowest BCUT2D eigenvalue weighted by molar-refractivity contribution is -0.122. The Labute approximate surface area is 225 Å². The van der Waals surface area contributed by atoms with E-state index < -0.39 is 0 Å². The monoisotopic (exact) mass is 526 g/mol. The smallest absolute Gasteiger partial charge is 0.290 e. The molecule has 2 aliphatic rings. The quantitative estimate of drug-likeness (QED) is 0.333. The van der Waals surface area contributed by atoms with Crippen LogP contribution in [-0.4, -0.2) is 68.8 Å². The number of morpholine rings is 1. The fourth-order valence-corrected chi connectivity index (χ4v) is 5.23. The number of aromatic nitrogens is 3. The number of rotatable bonds is 5. The summed E-state index contributed by atoms with van der Waals surface area (Å²) in [6.45, 7) is 6.91. The largest absolute Gasteiger partial charge is 0.483 e. The molecule has 10 heteroatoms. The fraction of sp³-hybridized carbons (Fsp3) is 0.276. The van der Waals surface area contributed by atoms with Crippen LogP contribution in [0, 0.1) is 0 Å². The van der Waals surface area contributed by atoms with Crippen molar-refractivity contribution in [2.75, 3.05) is 18.4 Å². The van der Waals surface area contributed by atoms with E-state index in [1.165, 1.54) is 0 Å². The summed E-state index contributed by atoms with van der Waals surface area (Å²) in [6.07, 6.45) is 5.88. The standard InChI is InChI=1S/C28H28N6O2.CH2O2/c1-17-14-34(15-18(2)36-17)16-21-4-3-5-25(32-21)28(35)33-26-11-19(10-20-12-29-13-24(20)26)22-6-8-30-27-23(22)7-9-31-27;2-1-3/h3-11,13,17-18H,12,14-16H2,1-2H3,(H,30,31)(H,33,35);1H,(H,2,3)/t17-,18+;. The topological polar surface area (TPSA) is 133 Å². The summed E-state index contributed by atoms with van der Waals surface area (Å²) in [4.78, 5) is 40.7. The molecule has 0 saturated carbocycles. The zero-order valence-electron chi connectivity index (χ0n) is 21.8. The Morgan fingerprint density at radius 2 is 2.00 bits per heavy atom. The molecule has 0 unspecified atom stereocenters. The van der Waals surface area contributed by atoms with Crippen LogP contribution in [0.5, 0.6) is 0 Å². The van der Waals surface area contributed by atoms with Crippen molar-refractivity contribution >= 4 is 35.3 Å². The van der Waals surface area contributed by atoms with Gasteiger partial charge in [0.15, 0.2) is 0 Å². The summed E-state index contributed by atoms with van der Waals surface area (Å²) in [5, 5.41) is 11.0. The van der Waals surface area contributed by atoms with E-state index in [1.54, 1.807) is 12.3 Å². The average molecular weight is 527 g/mol. The Kier molecular flexibility index (Phi) is 7.76.